The Morgan fingerprint density at radius 1 is 1.57 bits per heavy atom. The van der Waals surface area contributed by atoms with Crippen LogP contribution in [0.1, 0.15) is 12.8 Å². The molecule has 5 nitrogen and oxygen atoms in total. The first-order chi connectivity index (χ1) is 6.83. The normalized spacial score (nSPS) is 10.1. The van der Waals surface area contributed by atoms with Gasteiger partial charge in [-0.05, 0) is 6.42 Å². The van der Waals surface area contributed by atoms with Gasteiger partial charge in [0.1, 0.15) is 0 Å². The van der Waals surface area contributed by atoms with E-state index in [1.165, 1.54) is 0 Å². The second-order valence-corrected chi connectivity index (χ2v) is 3.19. The molecule has 0 unspecified atom stereocenters. The number of nitrogens with zero attached hydrogens (tertiary/aromatic N) is 3. The third-order valence-electron chi connectivity index (χ3n) is 1.67. The van der Waals surface area contributed by atoms with Crippen LogP contribution in [0.4, 0.5) is 0 Å². The summed E-state index contributed by atoms with van der Waals surface area (Å²) in [6.45, 7) is 1.22. The second kappa shape index (κ2) is 6.37. The van der Waals surface area contributed by atoms with Crippen molar-refractivity contribution in [3.05, 3.63) is 12.4 Å². The van der Waals surface area contributed by atoms with Crippen LogP contribution in [-0.2, 0) is 11.3 Å². The first-order valence-corrected chi connectivity index (χ1v) is 5.03. The van der Waals surface area contributed by atoms with Crippen LogP contribution in [0, 0.1) is 0 Å². The number of hydrogen-bond acceptors (Lipinski definition) is 3. The summed E-state index contributed by atoms with van der Waals surface area (Å²) in [7, 11) is 0. The van der Waals surface area contributed by atoms with Crippen LogP contribution < -0.4 is 5.32 Å². The molecule has 0 bridgehead atoms. The topological polar surface area (TPSA) is 59.8 Å². The Balaban J connectivity index is 2.06. The van der Waals surface area contributed by atoms with E-state index in [2.05, 4.69) is 15.6 Å². The van der Waals surface area contributed by atoms with Crippen LogP contribution in [0.5, 0.6) is 0 Å². The minimum Gasteiger partial charge on any atom is -0.354 e. The molecule has 0 aliphatic carbocycles. The molecule has 0 aromatic carbocycles. The molecule has 78 valence electrons. The predicted octanol–water partition coefficient (Wildman–Crippen LogP) is 0.413. The first-order valence-electron chi connectivity index (χ1n) is 4.49. The number of halogens is 1. The fourth-order valence-corrected chi connectivity index (χ4v) is 1.11. The molecule has 0 saturated carbocycles. The summed E-state index contributed by atoms with van der Waals surface area (Å²) in [6, 6.07) is 0. The van der Waals surface area contributed by atoms with E-state index < -0.39 is 0 Å². The molecule has 0 atom stereocenters. The summed E-state index contributed by atoms with van der Waals surface area (Å²) >= 11 is 5.46. The number of nitrogens with one attached hydrogen (secondary N) is 1. The third-order valence-corrected chi connectivity index (χ3v) is 1.94. The highest BCUT2D eigenvalue weighted by Gasteiger charge is 1.99. The Morgan fingerprint density at radius 3 is 3.07 bits per heavy atom. The van der Waals surface area contributed by atoms with E-state index in [0.29, 0.717) is 25.4 Å². The number of alkyl halides is 1. The standard InChI is InChI=1S/C8H13ClN4O/c9-3-1-2-8(14)10-4-6-13-7-5-11-12-13/h5,7H,1-4,6H2,(H,10,14). The zero-order valence-electron chi connectivity index (χ0n) is 7.82. The fraction of sp³-hybridized carbons (Fsp3) is 0.625. The molecule has 0 radical (unpaired) electrons. The van der Waals surface area contributed by atoms with Gasteiger partial charge >= 0.3 is 0 Å². The van der Waals surface area contributed by atoms with E-state index in [0.717, 1.165) is 6.42 Å². The highest BCUT2D eigenvalue weighted by molar-refractivity contribution is 6.17. The molecule has 6 heteroatoms. The Bertz CT molecular complexity index is 262. The zero-order valence-corrected chi connectivity index (χ0v) is 8.57. The summed E-state index contributed by atoms with van der Waals surface area (Å²) in [6.07, 6.45) is 4.57. The molecule has 1 aromatic rings. The van der Waals surface area contributed by atoms with Gasteiger partial charge in [-0.2, -0.15) is 0 Å². The average Bonchev–Trinajstić information content (AvgIpc) is 2.67. The maximum absolute atomic E-state index is 11.1. The third kappa shape index (κ3) is 4.23. The Kier molecular flexibility index (Phi) is 4.99. The highest BCUT2D eigenvalue weighted by Crippen LogP contribution is 1.91. The van der Waals surface area contributed by atoms with Crippen molar-refractivity contribution in [2.45, 2.75) is 19.4 Å². The van der Waals surface area contributed by atoms with Crippen molar-refractivity contribution >= 4 is 17.5 Å². The van der Waals surface area contributed by atoms with Crippen molar-refractivity contribution in [3.8, 4) is 0 Å². The highest BCUT2D eigenvalue weighted by atomic mass is 35.5. The van der Waals surface area contributed by atoms with Gasteiger partial charge in [0.25, 0.3) is 0 Å². The largest absolute Gasteiger partial charge is 0.354 e. The molecule has 1 heterocycles. The summed E-state index contributed by atoms with van der Waals surface area (Å²) < 4.78 is 1.67. The molecule has 0 saturated heterocycles. The number of rotatable bonds is 6. The smallest absolute Gasteiger partial charge is 0.220 e. The van der Waals surface area contributed by atoms with Crippen LogP contribution in [0.2, 0.25) is 0 Å². The molecular formula is C8H13ClN4O. The van der Waals surface area contributed by atoms with Gasteiger partial charge in [-0.3, -0.25) is 9.48 Å². The number of hydrogen-bond donors (Lipinski definition) is 1. The van der Waals surface area contributed by atoms with Crippen molar-refractivity contribution in [2.75, 3.05) is 12.4 Å². The molecule has 0 aliphatic heterocycles. The Morgan fingerprint density at radius 2 is 2.43 bits per heavy atom. The zero-order chi connectivity index (χ0) is 10.2. The summed E-state index contributed by atoms with van der Waals surface area (Å²) in [5.74, 6) is 0.557. The fourth-order valence-electron chi connectivity index (χ4n) is 0.978. The van der Waals surface area contributed by atoms with Gasteiger partial charge in [0, 0.05) is 25.0 Å². The monoisotopic (exact) mass is 216 g/mol. The molecule has 0 spiro atoms. The maximum atomic E-state index is 11.1. The van der Waals surface area contributed by atoms with Crippen LogP contribution in [0.15, 0.2) is 12.4 Å². The molecule has 0 aliphatic rings. The predicted molar refractivity (Wildman–Crippen MR) is 53.0 cm³/mol. The second-order valence-electron chi connectivity index (χ2n) is 2.81. The van der Waals surface area contributed by atoms with Crippen LogP contribution >= 0.6 is 11.6 Å². The van der Waals surface area contributed by atoms with Crippen molar-refractivity contribution in [1.82, 2.24) is 20.3 Å². The minimum absolute atomic E-state index is 0.0331. The molecule has 1 amide bonds. The van der Waals surface area contributed by atoms with Gasteiger partial charge in [0.2, 0.25) is 5.91 Å². The van der Waals surface area contributed by atoms with E-state index in [9.17, 15) is 4.79 Å². The van der Waals surface area contributed by atoms with Crippen molar-refractivity contribution < 1.29 is 4.79 Å². The van der Waals surface area contributed by atoms with Gasteiger partial charge in [-0.15, -0.1) is 16.7 Å². The molecule has 1 aromatic heterocycles. The number of carbonyl (C=O) groups excluding carboxylic acids is 1. The lowest BCUT2D eigenvalue weighted by Gasteiger charge is -2.03. The SMILES string of the molecule is O=C(CCCCl)NCCn1ccnn1. The number of amides is 1. The van der Waals surface area contributed by atoms with Gasteiger partial charge in [-0.25, -0.2) is 0 Å². The lowest BCUT2D eigenvalue weighted by Crippen LogP contribution is -2.27. The van der Waals surface area contributed by atoms with Crippen LogP contribution in [-0.4, -0.2) is 33.3 Å². The van der Waals surface area contributed by atoms with E-state index >= 15 is 0 Å². The molecule has 1 rings (SSSR count). The van der Waals surface area contributed by atoms with Crippen molar-refractivity contribution in [1.29, 1.82) is 0 Å². The Hall–Kier alpha value is -1.10. The van der Waals surface area contributed by atoms with Gasteiger partial charge in [0.05, 0.1) is 12.7 Å². The number of carbonyl (C=O) groups is 1. The molecular weight excluding hydrogens is 204 g/mol. The van der Waals surface area contributed by atoms with E-state index in [-0.39, 0.29) is 5.91 Å². The van der Waals surface area contributed by atoms with Crippen LogP contribution in [0.25, 0.3) is 0 Å². The lowest BCUT2D eigenvalue weighted by atomic mass is 10.3. The first kappa shape index (κ1) is 11.0. The van der Waals surface area contributed by atoms with Crippen molar-refractivity contribution in [3.63, 3.8) is 0 Å². The van der Waals surface area contributed by atoms with Gasteiger partial charge in [0.15, 0.2) is 0 Å². The Labute approximate surface area is 87.4 Å². The van der Waals surface area contributed by atoms with E-state index in [1.807, 2.05) is 0 Å². The maximum Gasteiger partial charge on any atom is 0.220 e. The quantitative estimate of drug-likeness (QED) is 0.701. The summed E-state index contributed by atoms with van der Waals surface area (Å²) in [5.41, 5.74) is 0. The van der Waals surface area contributed by atoms with Gasteiger partial charge in [-0.1, -0.05) is 5.21 Å². The molecule has 0 fully saturated rings. The van der Waals surface area contributed by atoms with E-state index in [4.69, 9.17) is 11.6 Å². The van der Waals surface area contributed by atoms with Crippen LogP contribution in [0.3, 0.4) is 0 Å². The molecule has 1 N–H and O–H groups in total. The van der Waals surface area contributed by atoms with E-state index in [1.54, 1.807) is 17.1 Å². The van der Waals surface area contributed by atoms with Crippen molar-refractivity contribution in [2.24, 2.45) is 0 Å². The number of aromatic nitrogens is 3. The average molecular weight is 217 g/mol. The lowest BCUT2D eigenvalue weighted by molar-refractivity contribution is -0.121. The summed E-state index contributed by atoms with van der Waals surface area (Å²) in [4.78, 5) is 11.1. The summed E-state index contributed by atoms with van der Waals surface area (Å²) in [5, 5.41) is 10.2. The minimum atomic E-state index is 0.0331. The van der Waals surface area contributed by atoms with Gasteiger partial charge < -0.3 is 5.32 Å². The molecule has 14 heavy (non-hydrogen) atoms.